The summed E-state index contributed by atoms with van der Waals surface area (Å²) in [6, 6.07) is 18.2. The second-order valence-electron chi connectivity index (χ2n) is 7.36. The van der Waals surface area contributed by atoms with Gasteiger partial charge in [0, 0.05) is 0 Å². The number of amides is 1. The molecule has 0 aliphatic rings. The first-order chi connectivity index (χ1) is 15.2. The number of halogens is 1. The summed E-state index contributed by atoms with van der Waals surface area (Å²) in [5.74, 6) is -0.300. The Bertz CT molecular complexity index is 1160. The average molecular weight is 457 g/mol. The molecular formula is C24H25FN2O4S. The standard InChI is InChI=1S/C24H25FN2O4S/c1-17-4-14-23(15-5-17)32(29,30)27(21-10-8-20(25)9-11-21)16-24(28)26-18(2)19-6-12-22(31-3)13-7-19/h4-15,18H,16H2,1-3H3,(H,26,28)/t18-/m0/s1. The first kappa shape index (κ1) is 23.3. The molecule has 6 nitrogen and oxygen atoms in total. The zero-order valence-corrected chi connectivity index (χ0v) is 18.9. The number of nitrogens with zero attached hydrogens (tertiary/aromatic N) is 1. The summed E-state index contributed by atoms with van der Waals surface area (Å²) in [6.45, 7) is 3.20. The molecule has 0 aliphatic heterocycles. The smallest absolute Gasteiger partial charge is 0.264 e. The highest BCUT2D eigenvalue weighted by atomic mass is 32.2. The van der Waals surface area contributed by atoms with Crippen molar-refractivity contribution in [2.75, 3.05) is 18.0 Å². The highest BCUT2D eigenvalue weighted by Gasteiger charge is 2.27. The minimum absolute atomic E-state index is 0.0448. The van der Waals surface area contributed by atoms with Crippen molar-refractivity contribution in [3.63, 3.8) is 0 Å². The Balaban J connectivity index is 1.85. The van der Waals surface area contributed by atoms with E-state index in [-0.39, 0.29) is 16.6 Å². The monoisotopic (exact) mass is 456 g/mol. The van der Waals surface area contributed by atoms with Crippen LogP contribution in [0.5, 0.6) is 5.75 Å². The van der Waals surface area contributed by atoms with Gasteiger partial charge in [-0.2, -0.15) is 0 Å². The number of sulfonamides is 1. The molecule has 0 aromatic heterocycles. The number of nitrogens with one attached hydrogen (secondary N) is 1. The van der Waals surface area contributed by atoms with Crippen LogP contribution in [0.25, 0.3) is 0 Å². The third-order valence-corrected chi connectivity index (χ3v) is 6.79. The molecule has 0 saturated heterocycles. The molecule has 0 fully saturated rings. The molecule has 1 amide bonds. The minimum atomic E-state index is -4.05. The average Bonchev–Trinajstić information content (AvgIpc) is 2.78. The number of anilines is 1. The zero-order valence-electron chi connectivity index (χ0n) is 18.1. The van der Waals surface area contributed by atoms with Crippen LogP contribution in [0.3, 0.4) is 0 Å². The van der Waals surface area contributed by atoms with Gasteiger partial charge in [0.05, 0.1) is 23.7 Å². The second-order valence-corrected chi connectivity index (χ2v) is 9.23. The van der Waals surface area contributed by atoms with Crippen molar-refractivity contribution in [2.24, 2.45) is 0 Å². The number of benzene rings is 3. The van der Waals surface area contributed by atoms with Gasteiger partial charge < -0.3 is 10.1 Å². The Labute approximate surface area is 187 Å². The Hall–Kier alpha value is -3.39. The first-order valence-electron chi connectivity index (χ1n) is 9.99. The van der Waals surface area contributed by atoms with E-state index in [1.165, 1.54) is 24.3 Å². The van der Waals surface area contributed by atoms with Crippen LogP contribution in [0.15, 0.2) is 77.7 Å². The molecule has 3 aromatic rings. The molecule has 168 valence electrons. The van der Waals surface area contributed by atoms with Crippen LogP contribution >= 0.6 is 0 Å². The summed E-state index contributed by atoms with van der Waals surface area (Å²) in [6.07, 6.45) is 0. The predicted octanol–water partition coefficient (Wildman–Crippen LogP) is 4.22. The fraction of sp³-hybridized carbons (Fsp3) is 0.208. The Kier molecular flexibility index (Phi) is 7.15. The van der Waals surface area contributed by atoms with Gasteiger partial charge in [0.25, 0.3) is 10.0 Å². The van der Waals surface area contributed by atoms with Crippen LogP contribution in [-0.4, -0.2) is 28.0 Å². The van der Waals surface area contributed by atoms with E-state index in [1.54, 1.807) is 38.3 Å². The summed E-state index contributed by atoms with van der Waals surface area (Å²) in [5.41, 5.74) is 1.94. The normalized spacial score (nSPS) is 12.1. The lowest BCUT2D eigenvalue weighted by Crippen LogP contribution is -2.41. The van der Waals surface area contributed by atoms with E-state index in [4.69, 9.17) is 4.74 Å². The second kappa shape index (κ2) is 9.82. The van der Waals surface area contributed by atoms with Gasteiger partial charge in [-0.25, -0.2) is 12.8 Å². The lowest BCUT2D eigenvalue weighted by atomic mass is 10.1. The number of carbonyl (C=O) groups excluding carboxylic acids is 1. The third-order valence-electron chi connectivity index (χ3n) is 5.00. The first-order valence-corrected chi connectivity index (χ1v) is 11.4. The molecule has 32 heavy (non-hydrogen) atoms. The van der Waals surface area contributed by atoms with E-state index in [0.717, 1.165) is 27.6 Å². The van der Waals surface area contributed by atoms with Crippen LogP contribution in [0.4, 0.5) is 10.1 Å². The van der Waals surface area contributed by atoms with Crippen LogP contribution < -0.4 is 14.4 Å². The van der Waals surface area contributed by atoms with Crippen molar-refractivity contribution in [2.45, 2.75) is 24.8 Å². The summed E-state index contributed by atoms with van der Waals surface area (Å²) in [4.78, 5) is 12.9. The minimum Gasteiger partial charge on any atom is -0.497 e. The van der Waals surface area contributed by atoms with Crippen molar-refractivity contribution in [3.05, 3.63) is 89.7 Å². The summed E-state index contributed by atoms with van der Waals surface area (Å²) >= 11 is 0. The lowest BCUT2D eigenvalue weighted by Gasteiger charge is -2.25. The lowest BCUT2D eigenvalue weighted by molar-refractivity contribution is -0.120. The van der Waals surface area contributed by atoms with Crippen molar-refractivity contribution in [1.29, 1.82) is 0 Å². The molecule has 0 saturated carbocycles. The van der Waals surface area contributed by atoms with E-state index in [2.05, 4.69) is 5.32 Å². The number of ether oxygens (including phenoxy) is 1. The van der Waals surface area contributed by atoms with Gasteiger partial charge in [-0.15, -0.1) is 0 Å². The maximum absolute atomic E-state index is 13.4. The van der Waals surface area contributed by atoms with E-state index in [1.807, 2.05) is 19.1 Å². The Morgan fingerprint density at radius 3 is 2.16 bits per heavy atom. The van der Waals surface area contributed by atoms with Crippen LogP contribution in [0, 0.1) is 12.7 Å². The fourth-order valence-corrected chi connectivity index (χ4v) is 4.57. The van der Waals surface area contributed by atoms with Gasteiger partial charge in [-0.1, -0.05) is 29.8 Å². The SMILES string of the molecule is COc1ccc([C@H](C)NC(=O)CN(c2ccc(F)cc2)S(=O)(=O)c2ccc(C)cc2)cc1. The number of aryl methyl sites for hydroxylation is 1. The number of methoxy groups -OCH3 is 1. The Morgan fingerprint density at radius 2 is 1.59 bits per heavy atom. The van der Waals surface area contributed by atoms with Gasteiger partial charge in [0.1, 0.15) is 18.1 Å². The summed E-state index contributed by atoms with van der Waals surface area (Å²) in [5, 5.41) is 2.82. The van der Waals surface area contributed by atoms with E-state index in [0.29, 0.717) is 5.75 Å². The number of hydrogen-bond donors (Lipinski definition) is 1. The van der Waals surface area contributed by atoms with E-state index < -0.39 is 28.3 Å². The molecule has 3 aromatic carbocycles. The van der Waals surface area contributed by atoms with E-state index >= 15 is 0 Å². The van der Waals surface area contributed by atoms with Gasteiger partial charge >= 0.3 is 0 Å². The molecule has 1 atom stereocenters. The molecule has 0 unspecified atom stereocenters. The molecule has 3 rings (SSSR count). The number of hydrogen-bond acceptors (Lipinski definition) is 4. The largest absolute Gasteiger partial charge is 0.497 e. The van der Waals surface area contributed by atoms with Crippen molar-refractivity contribution in [3.8, 4) is 5.75 Å². The van der Waals surface area contributed by atoms with Gasteiger partial charge in [-0.3, -0.25) is 9.10 Å². The van der Waals surface area contributed by atoms with Crippen molar-refractivity contribution < 1.29 is 22.3 Å². The molecule has 0 spiro atoms. The topological polar surface area (TPSA) is 75.7 Å². The van der Waals surface area contributed by atoms with Crippen molar-refractivity contribution >= 4 is 21.6 Å². The molecular weight excluding hydrogens is 431 g/mol. The van der Waals surface area contributed by atoms with Crippen molar-refractivity contribution in [1.82, 2.24) is 5.32 Å². The van der Waals surface area contributed by atoms with E-state index in [9.17, 15) is 17.6 Å². The van der Waals surface area contributed by atoms with Gasteiger partial charge in [-0.05, 0) is 67.9 Å². The number of carbonyl (C=O) groups is 1. The van der Waals surface area contributed by atoms with Crippen LogP contribution in [0.1, 0.15) is 24.1 Å². The zero-order chi connectivity index (χ0) is 23.3. The summed E-state index contributed by atoms with van der Waals surface area (Å²) in [7, 11) is -2.49. The third kappa shape index (κ3) is 5.45. The van der Waals surface area contributed by atoms with Gasteiger partial charge in [0.2, 0.25) is 5.91 Å². The maximum atomic E-state index is 13.4. The van der Waals surface area contributed by atoms with Gasteiger partial charge in [0.15, 0.2) is 0 Å². The highest BCUT2D eigenvalue weighted by molar-refractivity contribution is 7.92. The molecule has 8 heteroatoms. The molecule has 0 bridgehead atoms. The molecule has 0 radical (unpaired) electrons. The molecule has 0 aliphatic carbocycles. The number of rotatable bonds is 8. The quantitative estimate of drug-likeness (QED) is 0.551. The van der Waals surface area contributed by atoms with Crippen LogP contribution in [0.2, 0.25) is 0 Å². The highest BCUT2D eigenvalue weighted by Crippen LogP contribution is 2.24. The predicted molar refractivity (Wildman–Crippen MR) is 122 cm³/mol. The summed E-state index contributed by atoms with van der Waals surface area (Å²) < 4.78 is 46.2. The maximum Gasteiger partial charge on any atom is 0.264 e. The molecule has 1 N–H and O–H groups in total. The molecule has 0 heterocycles. The Morgan fingerprint density at radius 1 is 1.00 bits per heavy atom. The van der Waals surface area contributed by atoms with Crippen LogP contribution in [-0.2, 0) is 14.8 Å². The fourth-order valence-electron chi connectivity index (χ4n) is 3.15.